The number of rotatable bonds is 5. The molecule has 3 rings (SSSR count). The molecule has 2 aromatic carbocycles. The number of aryl methyl sites for hydroxylation is 1. The van der Waals surface area contributed by atoms with Gasteiger partial charge in [0.1, 0.15) is 10.7 Å². The Labute approximate surface area is 166 Å². The van der Waals surface area contributed by atoms with Crippen molar-refractivity contribution in [1.82, 2.24) is 9.88 Å². The maximum absolute atomic E-state index is 13.0. The first kappa shape index (κ1) is 19.7. The van der Waals surface area contributed by atoms with E-state index >= 15 is 0 Å². The molecule has 0 saturated carbocycles. The van der Waals surface area contributed by atoms with Gasteiger partial charge >= 0.3 is 0 Å². The average molecular weight is 397 g/mol. The summed E-state index contributed by atoms with van der Waals surface area (Å²) in [7, 11) is 3.35. The summed E-state index contributed by atoms with van der Waals surface area (Å²) in [5.41, 5.74) is 2.61. The maximum atomic E-state index is 13.0. The normalized spacial score (nSPS) is 10.6. The fraction of sp³-hybridized carbons (Fsp3) is 0.190. The van der Waals surface area contributed by atoms with Gasteiger partial charge in [-0.3, -0.25) is 9.59 Å². The first-order valence-corrected chi connectivity index (χ1v) is 9.49. The summed E-state index contributed by atoms with van der Waals surface area (Å²) in [4.78, 5) is 31.2. The Morgan fingerprint density at radius 1 is 1.14 bits per heavy atom. The second-order valence-corrected chi connectivity index (χ2v) is 7.64. The zero-order chi connectivity index (χ0) is 20.3. The molecule has 0 bridgehead atoms. The highest BCUT2D eigenvalue weighted by Crippen LogP contribution is 2.23. The fourth-order valence-corrected chi connectivity index (χ4v) is 3.69. The third kappa shape index (κ3) is 4.61. The van der Waals surface area contributed by atoms with Gasteiger partial charge in [-0.05, 0) is 42.8 Å². The lowest BCUT2D eigenvalue weighted by Gasteiger charge is -2.11. The van der Waals surface area contributed by atoms with Gasteiger partial charge in [0.05, 0.1) is 10.7 Å². The zero-order valence-electron chi connectivity index (χ0n) is 15.8. The van der Waals surface area contributed by atoms with Crippen LogP contribution in [0.4, 0.5) is 10.1 Å². The number of nitrogens with one attached hydrogen (secondary N) is 1. The van der Waals surface area contributed by atoms with E-state index in [-0.39, 0.29) is 17.6 Å². The number of hydrogen-bond donors (Lipinski definition) is 1. The van der Waals surface area contributed by atoms with Gasteiger partial charge in [-0.15, -0.1) is 11.3 Å². The van der Waals surface area contributed by atoms with Gasteiger partial charge in [-0.2, -0.15) is 0 Å². The quantitative estimate of drug-likeness (QED) is 0.704. The van der Waals surface area contributed by atoms with Crippen LogP contribution in [0.3, 0.4) is 0 Å². The van der Waals surface area contributed by atoms with Crippen LogP contribution in [0, 0.1) is 12.7 Å². The molecule has 144 valence electrons. The van der Waals surface area contributed by atoms with Crippen LogP contribution in [-0.4, -0.2) is 35.8 Å². The lowest BCUT2D eigenvalue weighted by atomic mass is 10.1. The highest BCUT2D eigenvalue weighted by atomic mass is 32.1. The number of halogens is 1. The van der Waals surface area contributed by atoms with E-state index in [2.05, 4.69) is 10.3 Å². The van der Waals surface area contributed by atoms with Crippen molar-refractivity contribution in [2.45, 2.75) is 13.3 Å². The van der Waals surface area contributed by atoms with E-state index in [1.165, 1.54) is 28.4 Å². The molecule has 0 spiro atoms. The minimum Gasteiger partial charge on any atom is -0.345 e. The summed E-state index contributed by atoms with van der Waals surface area (Å²) < 4.78 is 13.0. The number of benzene rings is 2. The molecule has 1 heterocycles. The largest absolute Gasteiger partial charge is 0.345 e. The van der Waals surface area contributed by atoms with Crippen molar-refractivity contribution in [1.29, 1.82) is 0 Å². The lowest BCUT2D eigenvalue weighted by molar-refractivity contribution is 0.0827. The van der Waals surface area contributed by atoms with Crippen molar-refractivity contribution in [2.24, 2.45) is 0 Å². The Morgan fingerprint density at radius 2 is 1.86 bits per heavy atom. The van der Waals surface area contributed by atoms with E-state index in [0.29, 0.717) is 28.2 Å². The number of thiazole rings is 1. The van der Waals surface area contributed by atoms with E-state index in [4.69, 9.17) is 0 Å². The molecule has 0 saturated heterocycles. The highest BCUT2D eigenvalue weighted by Gasteiger charge is 2.17. The number of nitrogens with zero attached hydrogens (tertiary/aromatic N) is 2. The molecule has 1 N–H and O–H groups in total. The predicted molar refractivity (Wildman–Crippen MR) is 108 cm³/mol. The van der Waals surface area contributed by atoms with Gasteiger partial charge in [-0.1, -0.05) is 18.2 Å². The zero-order valence-corrected chi connectivity index (χ0v) is 16.6. The third-order valence-electron chi connectivity index (χ3n) is 4.09. The Morgan fingerprint density at radius 3 is 2.54 bits per heavy atom. The van der Waals surface area contributed by atoms with Crippen LogP contribution < -0.4 is 5.32 Å². The van der Waals surface area contributed by atoms with Gasteiger partial charge < -0.3 is 10.2 Å². The first-order valence-electron chi connectivity index (χ1n) is 8.67. The summed E-state index contributed by atoms with van der Waals surface area (Å²) in [6.45, 7) is 1.78. The number of hydrogen-bond acceptors (Lipinski definition) is 4. The Kier molecular flexibility index (Phi) is 5.84. The first-order chi connectivity index (χ1) is 13.3. The fourth-order valence-electron chi connectivity index (χ4n) is 2.69. The van der Waals surface area contributed by atoms with Gasteiger partial charge in [-0.25, -0.2) is 9.37 Å². The molecule has 3 aromatic rings. The predicted octanol–water partition coefficient (Wildman–Crippen LogP) is 4.14. The second kappa shape index (κ2) is 8.31. The molecule has 1 aromatic heterocycles. The van der Waals surface area contributed by atoms with Crippen LogP contribution >= 0.6 is 11.3 Å². The van der Waals surface area contributed by atoms with Crippen LogP contribution in [0.15, 0.2) is 48.5 Å². The van der Waals surface area contributed by atoms with Crippen LogP contribution in [0.25, 0.3) is 0 Å². The summed E-state index contributed by atoms with van der Waals surface area (Å²) in [5, 5.41) is 3.61. The van der Waals surface area contributed by atoms with Crippen molar-refractivity contribution >= 4 is 28.8 Å². The number of carbonyl (C=O) groups is 2. The second-order valence-electron chi connectivity index (χ2n) is 6.56. The number of amides is 2. The van der Waals surface area contributed by atoms with Crippen molar-refractivity contribution < 1.29 is 14.0 Å². The number of anilines is 1. The monoisotopic (exact) mass is 397 g/mol. The average Bonchev–Trinajstić information content (AvgIpc) is 3.03. The van der Waals surface area contributed by atoms with Gasteiger partial charge in [0.15, 0.2) is 0 Å². The minimum absolute atomic E-state index is 0.133. The molecule has 0 aliphatic rings. The van der Waals surface area contributed by atoms with Crippen LogP contribution in [-0.2, 0) is 6.42 Å². The summed E-state index contributed by atoms with van der Waals surface area (Å²) in [6.07, 6.45) is 0.534. The number of aromatic nitrogens is 1. The van der Waals surface area contributed by atoms with Crippen LogP contribution in [0.5, 0.6) is 0 Å². The molecule has 0 atom stereocenters. The summed E-state index contributed by atoms with van der Waals surface area (Å²) >= 11 is 1.31. The number of carbonyl (C=O) groups excluding carboxylic acids is 2. The SMILES string of the molecule is Cc1nc(Cc2ccc(F)cc2)sc1C(=O)Nc1cccc(C(=O)N(C)C)c1. The maximum Gasteiger partial charge on any atom is 0.267 e. The molecule has 7 heteroatoms. The Hall–Kier alpha value is -3.06. The topological polar surface area (TPSA) is 62.3 Å². The molecular weight excluding hydrogens is 377 g/mol. The van der Waals surface area contributed by atoms with Gasteiger partial charge in [0.25, 0.3) is 11.8 Å². The third-order valence-corrected chi connectivity index (χ3v) is 5.25. The molecule has 5 nitrogen and oxygen atoms in total. The standard InChI is InChI=1S/C21H20FN3O2S/c1-13-19(28-18(23-13)11-14-7-9-16(22)10-8-14)20(26)24-17-6-4-5-15(12-17)21(27)25(2)3/h4-10,12H,11H2,1-3H3,(H,24,26). The van der Waals surface area contributed by atoms with Crippen molar-refractivity contribution in [2.75, 3.05) is 19.4 Å². The molecule has 0 aliphatic carbocycles. The van der Waals surface area contributed by atoms with Crippen molar-refractivity contribution in [3.05, 3.63) is 81.1 Å². The summed E-state index contributed by atoms with van der Waals surface area (Å²) in [5.74, 6) is -0.685. The van der Waals surface area contributed by atoms with E-state index in [0.717, 1.165) is 10.6 Å². The van der Waals surface area contributed by atoms with Crippen molar-refractivity contribution in [3.63, 3.8) is 0 Å². The Bertz CT molecular complexity index is 1010. The Balaban J connectivity index is 1.74. The van der Waals surface area contributed by atoms with E-state index in [9.17, 15) is 14.0 Å². The summed E-state index contributed by atoms with van der Waals surface area (Å²) in [6, 6.07) is 13.0. The highest BCUT2D eigenvalue weighted by molar-refractivity contribution is 7.14. The molecule has 2 amide bonds. The minimum atomic E-state index is -0.283. The van der Waals surface area contributed by atoms with E-state index in [1.54, 1.807) is 57.4 Å². The van der Waals surface area contributed by atoms with E-state index < -0.39 is 0 Å². The molecule has 0 unspecified atom stereocenters. The molecule has 0 fully saturated rings. The smallest absolute Gasteiger partial charge is 0.267 e. The lowest BCUT2D eigenvalue weighted by Crippen LogP contribution is -2.21. The van der Waals surface area contributed by atoms with Gasteiger partial charge in [0.2, 0.25) is 0 Å². The molecular formula is C21H20FN3O2S. The van der Waals surface area contributed by atoms with Crippen LogP contribution in [0.2, 0.25) is 0 Å². The van der Waals surface area contributed by atoms with Crippen LogP contribution in [0.1, 0.15) is 36.3 Å². The van der Waals surface area contributed by atoms with Gasteiger partial charge in [0, 0.05) is 31.8 Å². The molecule has 0 aliphatic heterocycles. The van der Waals surface area contributed by atoms with E-state index in [1.807, 2.05) is 0 Å². The molecule has 0 radical (unpaired) electrons. The van der Waals surface area contributed by atoms with Crippen molar-refractivity contribution in [3.8, 4) is 0 Å². The molecule has 28 heavy (non-hydrogen) atoms.